The van der Waals surface area contributed by atoms with Gasteiger partial charge in [0.05, 0.1) is 11.1 Å². The van der Waals surface area contributed by atoms with Gasteiger partial charge < -0.3 is 0 Å². The van der Waals surface area contributed by atoms with Crippen molar-refractivity contribution in [2.45, 2.75) is 20.3 Å². The van der Waals surface area contributed by atoms with E-state index in [1.54, 1.807) is 31.2 Å². The topological polar surface area (TPSA) is 49.7 Å². The van der Waals surface area contributed by atoms with E-state index in [4.69, 9.17) is 0 Å². The number of nitrogens with zero attached hydrogens (tertiary/aromatic N) is 2. The van der Waals surface area contributed by atoms with Crippen molar-refractivity contribution in [1.29, 1.82) is 0 Å². The van der Waals surface area contributed by atoms with Crippen LogP contribution in [-0.2, 0) is 0 Å². The summed E-state index contributed by atoms with van der Waals surface area (Å²) in [6.07, 6.45) is 0.716. The molecule has 1 aliphatic heterocycles. The third-order valence-electron chi connectivity index (χ3n) is 2.55. The fourth-order valence-corrected chi connectivity index (χ4v) is 1.51. The summed E-state index contributed by atoms with van der Waals surface area (Å²) in [5.74, 6) is -0.679. The Morgan fingerprint density at radius 3 is 2.12 bits per heavy atom. The third-order valence-corrected chi connectivity index (χ3v) is 2.55. The average molecular weight is 216 g/mol. The fourth-order valence-electron chi connectivity index (χ4n) is 1.51. The van der Waals surface area contributed by atoms with Crippen LogP contribution in [0.4, 0.5) is 0 Å². The lowest BCUT2D eigenvalue weighted by molar-refractivity contribution is 0.0658. The minimum Gasteiger partial charge on any atom is -0.267 e. The predicted molar refractivity (Wildman–Crippen MR) is 60.3 cm³/mol. The number of hydrogen-bond acceptors (Lipinski definition) is 3. The van der Waals surface area contributed by atoms with Crippen LogP contribution in [0.5, 0.6) is 0 Å². The van der Waals surface area contributed by atoms with Crippen molar-refractivity contribution in [2.24, 2.45) is 5.10 Å². The van der Waals surface area contributed by atoms with Gasteiger partial charge in [0, 0.05) is 5.71 Å². The van der Waals surface area contributed by atoms with Gasteiger partial charge in [0.25, 0.3) is 11.8 Å². The SMILES string of the molecule is CCC(C)=NN1C(=O)c2ccccc2C1=O. The van der Waals surface area contributed by atoms with Crippen molar-refractivity contribution in [3.8, 4) is 0 Å². The van der Waals surface area contributed by atoms with Gasteiger partial charge >= 0.3 is 0 Å². The van der Waals surface area contributed by atoms with E-state index in [1.165, 1.54) is 0 Å². The predicted octanol–water partition coefficient (Wildman–Crippen LogP) is 2.07. The normalized spacial score (nSPS) is 15.6. The molecule has 4 heteroatoms. The maximum atomic E-state index is 11.9. The number of carbonyl (C=O) groups is 2. The Morgan fingerprint density at radius 2 is 1.69 bits per heavy atom. The fraction of sp³-hybridized carbons (Fsp3) is 0.250. The second kappa shape index (κ2) is 3.89. The number of rotatable bonds is 2. The summed E-state index contributed by atoms with van der Waals surface area (Å²) in [7, 11) is 0. The van der Waals surface area contributed by atoms with Crippen LogP contribution in [0.25, 0.3) is 0 Å². The van der Waals surface area contributed by atoms with Crippen molar-refractivity contribution in [1.82, 2.24) is 5.01 Å². The molecule has 0 radical (unpaired) electrons. The van der Waals surface area contributed by atoms with Gasteiger partial charge in [0.1, 0.15) is 0 Å². The van der Waals surface area contributed by atoms with E-state index in [1.807, 2.05) is 6.92 Å². The van der Waals surface area contributed by atoms with Crippen LogP contribution in [0, 0.1) is 0 Å². The van der Waals surface area contributed by atoms with E-state index in [9.17, 15) is 9.59 Å². The molecule has 2 rings (SSSR count). The molecule has 0 unspecified atom stereocenters. The highest BCUT2D eigenvalue weighted by atomic mass is 16.2. The molecule has 82 valence electrons. The molecule has 1 aromatic carbocycles. The van der Waals surface area contributed by atoms with E-state index >= 15 is 0 Å². The Bertz CT molecular complexity index is 457. The molecule has 0 saturated heterocycles. The zero-order valence-corrected chi connectivity index (χ0v) is 9.23. The molecule has 2 amide bonds. The van der Waals surface area contributed by atoms with Crippen LogP contribution in [0.15, 0.2) is 29.4 Å². The molecule has 0 atom stereocenters. The number of hydrogen-bond donors (Lipinski definition) is 0. The van der Waals surface area contributed by atoms with E-state index in [-0.39, 0.29) is 11.8 Å². The van der Waals surface area contributed by atoms with Crippen LogP contribution < -0.4 is 0 Å². The minimum atomic E-state index is -0.339. The number of amides is 2. The first kappa shape index (κ1) is 10.5. The van der Waals surface area contributed by atoms with Gasteiger partial charge in [-0.3, -0.25) is 9.59 Å². The molecular weight excluding hydrogens is 204 g/mol. The third kappa shape index (κ3) is 1.52. The average Bonchev–Trinajstić information content (AvgIpc) is 2.55. The Balaban J connectivity index is 2.43. The number of hydrazone groups is 1. The quantitative estimate of drug-likeness (QED) is 0.561. The highest BCUT2D eigenvalue weighted by Gasteiger charge is 2.35. The van der Waals surface area contributed by atoms with Gasteiger partial charge in [-0.1, -0.05) is 19.1 Å². The molecule has 1 heterocycles. The molecule has 0 bridgehead atoms. The van der Waals surface area contributed by atoms with Crippen molar-refractivity contribution >= 4 is 17.5 Å². The van der Waals surface area contributed by atoms with Crippen LogP contribution in [0.3, 0.4) is 0 Å². The molecule has 16 heavy (non-hydrogen) atoms. The number of carbonyl (C=O) groups excluding carboxylic acids is 2. The van der Waals surface area contributed by atoms with Crippen molar-refractivity contribution in [2.75, 3.05) is 0 Å². The maximum absolute atomic E-state index is 11.9. The minimum absolute atomic E-state index is 0.339. The molecule has 4 nitrogen and oxygen atoms in total. The molecule has 0 aliphatic carbocycles. The second-order valence-electron chi connectivity index (χ2n) is 3.66. The van der Waals surface area contributed by atoms with Gasteiger partial charge in [-0.15, -0.1) is 0 Å². The summed E-state index contributed by atoms with van der Waals surface area (Å²) in [4.78, 5) is 23.7. The van der Waals surface area contributed by atoms with Gasteiger partial charge in [0.15, 0.2) is 0 Å². The number of imide groups is 1. The lowest BCUT2D eigenvalue weighted by Crippen LogP contribution is -2.25. The zero-order valence-electron chi connectivity index (χ0n) is 9.23. The molecule has 1 aliphatic rings. The highest BCUT2D eigenvalue weighted by Crippen LogP contribution is 2.22. The van der Waals surface area contributed by atoms with Crippen LogP contribution >= 0.6 is 0 Å². The first-order valence-electron chi connectivity index (χ1n) is 5.17. The molecule has 1 aromatic rings. The summed E-state index contributed by atoms with van der Waals surface area (Å²) in [6, 6.07) is 6.77. The van der Waals surface area contributed by atoms with Crippen molar-refractivity contribution < 1.29 is 9.59 Å². The molecule has 0 N–H and O–H groups in total. The molecule has 0 aromatic heterocycles. The summed E-state index contributed by atoms with van der Waals surface area (Å²) in [5, 5.41) is 4.97. The molecular formula is C12H12N2O2. The molecule has 0 spiro atoms. The molecule has 0 saturated carbocycles. The van der Waals surface area contributed by atoms with E-state index in [0.717, 1.165) is 10.7 Å². The standard InChI is InChI=1S/C12H12N2O2/c1-3-8(2)13-14-11(15)9-6-4-5-7-10(9)12(14)16/h4-7H,3H2,1-2H3. The highest BCUT2D eigenvalue weighted by molar-refractivity contribution is 6.21. The smallest absolute Gasteiger partial charge is 0.267 e. The van der Waals surface area contributed by atoms with Gasteiger partial charge in [0.2, 0.25) is 0 Å². The van der Waals surface area contributed by atoms with Crippen molar-refractivity contribution in [3.05, 3.63) is 35.4 Å². The Labute approximate surface area is 93.6 Å². The largest absolute Gasteiger partial charge is 0.282 e. The van der Waals surface area contributed by atoms with E-state index in [2.05, 4.69) is 5.10 Å². The molecule has 0 fully saturated rings. The first-order chi connectivity index (χ1) is 7.65. The van der Waals surface area contributed by atoms with Gasteiger partial charge in [-0.2, -0.15) is 10.1 Å². The van der Waals surface area contributed by atoms with Crippen LogP contribution in [0.2, 0.25) is 0 Å². The lowest BCUT2D eigenvalue weighted by Gasteiger charge is -2.07. The summed E-state index contributed by atoms with van der Waals surface area (Å²) in [6.45, 7) is 3.72. The van der Waals surface area contributed by atoms with E-state index < -0.39 is 0 Å². The monoisotopic (exact) mass is 216 g/mol. The number of fused-ring (bicyclic) bond motifs is 1. The van der Waals surface area contributed by atoms with Crippen molar-refractivity contribution in [3.63, 3.8) is 0 Å². The summed E-state index contributed by atoms with van der Waals surface area (Å²) >= 11 is 0. The zero-order chi connectivity index (χ0) is 11.7. The van der Waals surface area contributed by atoms with E-state index in [0.29, 0.717) is 17.5 Å². The lowest BCUT2D eigenvalue weighted by atomic mass is 10.1. The Morgan fingerprint density at radius 1 is 1.19 bits per heavy atom. The van der Waals surface area contributed by atoms with Gasteiger partial charge in [-0.05, 0) is 25.5 Å². The Hall–Kier alpha value is -1.97. The first-order valence-corrected chi connectivity index (χ1v) is 5.17. The number of benzene rings is 1. The maximum Gasteiger partial charge on any atom is 0.282 e. The van der Waals surface area contributed by atoms with Crippen LogP contribution in [-0.4, -0.2) is 22.5 Å². The van der Waals surface area contributed by atoms with Gasteiger partial charge in [-0.25, -0.2) is 0 Å². The Kier molecular flexibility index (Phi) is 2.56. The van der Waals surface area contributed by atoms with Crippen LogP contribution in [0.1, 0.15) is 41.0 Å². The summed E-state index contributed by atoms with van der Waals surface area (Å²) in [5.41, 5.74) is 1.62. The second-order valence-corrected chi connectivity index (χ2v) is 3.66. The summed E-state index contributed by atoms with van der Waals surface area (Å²) < 4.78 is 0.